The van der Waals surface area contributed by atoms with Crippen LogP contribution in [0.2, 0.25) is 0 Å². The average molecular weight is 280 g/mol. The molecule has 0 unspecified atom stereocenters. The minimum Gasteiger partial charge on any atom is -0.478 e. The van der Waals surface area contributed by atoms with Gasteiger partial charge in [-0.3, -0.25) is 0 Å². The van der Waals surface area contributed by atoms with Crippen molar-refractivity contribution in [2.75, 3.05) is 0 Å². The van der Waals surface area contributed by atoms with Crippen LogP contribution < -0.4 is 0 Å². The summed E-state index contributed by atoms with van der Waals surface area (Å²) >= 11 is 0. The van der Waals surface area contributed by atoms with Crippen LogP contribution in [0.4, 0.5) is 4.39 Å². The quantitative estimate of drug-likeness (QED) is 0.778. The van der Waals surface area contributed by atoms with Gasteiger partial charge in [0.25, 0.3) is 0 Å². The van der Waals surface area contributed by atoms with Crippen LogP contribution in [0.25, 0.3) is 10.8 Å². The van der Waals surface area contributed by atoms with Gasteiger partial charge in [-0.15, -0.1) is 0 Å². The van der Waals surface area contributed by atoms with Crippen molar-refractivity contribution >= 4 is 16.7 Å². The molecule has 0 bridgehead atoms. The van der Waals surface area contributed by atoms with E-state index in [0.29, 0.717) is 11.8 Å². The monoisotopic (exact) mass is 280 g/mol. The maximum absolute atomic E-state index is 13.8. The number of halogens is 1. The van der Waals surface area contributed by atoms with E-state index in [9.17, 15) is 14.3 Å². The molecule has 0 aliphatic carbocycles. The zero-order chi connectivity index (χ0) is 14.8. The Kier molecular flexibility index (Phi) is 3.40. The molecular formula is C18H13FO2. The first-order valence-electron chi connectivity index (χ1n) is 6.63. The number of carboxylic acids is 1. The van der Waals surface area contributed by atoms with E-state index in [1.807, 2.05) is 24.3 Å². The van der Waals surface area contributed by atoms with E-state index >= 15 is 0 Å². The molecule has 0 aromatic heterocycles. The van der Waals surface area contributed by atoms with E-state index in [1.54, 1.807) is 30.3 Å². The van der Waals surface area contributed by atoms with Gasteiger partial charge in [0.1, 0.15) is 5.82 Å². The molecular weight excluding hydrogens is 267 g/mol. The summed E-state index contributed by atoms with van der Waals surface area (Å²) in [5.41, 5.74) is 1.90. The van der Waals surface area contributed by atoms with Crippen LogP contribution in [0.3, 0.4) is 0 Å². The third-order valence-corrected chi connectivity index (χ3v) is 3.54. The summed E-state index contributed by atoms with van der Waals surface area (Å²) in [6, 6.07) is 17.4. The molecule has 0 fully saturated rings. The second-order valence-electron chi connectivity index (χ2n) is 4.93. The van der Waals surface area contributed by atoms with E-state index in [2.05, 4.69) is 0 Å². The Balaban J connectivity index is 2.03. The van der Waals surface area contributed by atoms with Gasteiger partial charge in [0.2, 0.25) is 0 Å². The highest BCUT2D eigenvalue weighted by atomic mass is 19.1. The maximum atomic E-state index is 13.8. The second-order valence-corrected chi connectivity index (χ2v) is 4.93. The van der Waals surface area contributed by atoms with Crippen LogP contribution in [-0.2, 0) is 6.42 Å². The minimum atomic E-state index is -0.947. The summed E-state index contributed by atoms with van der Waals surface area (Å²) in [5.74, 6) is -1.21. The number of rotatable bonds is 3. The summed E-state index contributed by atoms with van der Waals surface area (Å²) in [6.07, 6.45) is 0.465. The van der Waals surface area contributed by atoms with E-state index in [4.69, 9.17) is 0 Å². The maximum Gasteiger partial charge on any atom is 0.335 e. The molecule has 104 valence electrons. The molecule has 0 atom stereocenters. The van der Waals surface area contributed by atoms with Gasteiger partial charge < -0.3 is 5.11 Å². The molecule has 21 heavy (non-hydrogen) atoms. The third-order valence-electron chi connectivity index (χ3n) is 3.54. The van der Waals surface area contributed by atoms with Gasteiger partial charge in [-0.2, -0.15) is 0 Å². The average Bonchev–Trinajstić information content (AvgIpc) is 2.48. The predicted molar refractivity (Wildman–Crippen MR) is 80.1 cm³/mol. The Morgan fingerprint density at radius 2 is 1.81 bits per heavy atom. The molecule has 0 saturated carbocycles. The molecule has 1 N–H and O–H groups in total. The Morgan fingerprint density at radius 1 is 1.00 bits per heavy atom. The van der Waals surface area contributed by atoms with E-state index in [0.717, 1.165) is 16.5 Å². The lowest BCUT2D eigenvalue weighted by atomic mass is 9.98. The van der Waals surface area contributed by atoms with Crippen LogP contribution in [0, 0.1) is 5.82 Å². The van der Waals surface area contributed by atoms with E-state index < -0.39 is 5.97 Å². The van der Waals surface area contributed by atoms with Crippen molar-refractivity contribution in [1.29, 1.82) is 0 Å². The van der Waals surface area contributed by atoms with Gasteiger partial charge in [0.15, 0.2) is 0 Å². The van der Waals surface area contributed by atoms with Crippen molar-refractivity contribution < 1.29 is 14.3 Å². The molecule has 3 heteroatoms. The lowest BCUT2D eigenvalue weighted by Crippen LogP contribution is -2.02. The Bertz CT molecular complexity index is 824. The Labute approximate surface area is 121 Å². The highest BCUT2D eigenvalue weighted by Gasteiger charge is 2.10. The first-order chi connectivity index (χ1) is 10.1. The van der Waals surface area contributed by atoms with Crippen LogP contribution in [0.15, 0.2) is 60.7 Å². The summed E-state index contributed by atoms with van der Waals surface area (Å²) in [7, 11) is 0. The SMILES string of the molecule is O=C(O)c1ccccc1Cc1ccc2cccc(F)c2c1. The second kappa shape index (κ2) is 5.37. The van der Waals surface area contributed by atoms with Gasteiger partial charge >= 0.3 is 5.97 Å². The van der Waals surface area contributed by atoms with Gasteiger partial charge in [0.05, 0.1) is 5.56 Å². The van der Waals surface area contributed by atoms with Gasteiger partial charge in [-0.05, 0) is 41.1 Å². The van der Waals surface area contributed by atoms with E-state index in [-0.39, 0.29) is 11.4 Å². The lowest BCUT2D eigenvalue weighted by molar-refractivity contribution is 0.0696. The molecule has 3 aromatic carbocycles. The number of hydrogen-bond donors (Lipinski definition) is 1. The Hall–Kier alpha value is -2.68. The lowest BCUT2D eigenvalue weighted by Gasteiger charge is -2.07. The highest BCUT2D eigenvalue weighted by molar-refractivity contribution is 5.89. The number of benzene rings is 3. The summed E-state index contributed by atoms with van der Waals surface area (Å²) in [5, 5.41) is 10.6. The standard InChI is InChI=1S/C18H13FO2/c19-17-7-3-5-13-9-8-12(11-16(13)17)10-14-4-1-2-6-15(14)18(20)21/h1-9,11H,10H2,(H,20,21). The zero-order valence-corrected chi connectivity index (χ0v) is 11.2. The first kappa shape index (κ1) is 13.3. The van der Waals surface area contributed by atoms with Crippen molar-refractivity contribution in [3.05, 3.63) is 83.2 Å². The molecule has 0 radical (unpaired) electrons. The van der Waals surface area contributed by atoms with Crippen molar-refractivity contribution in [3.63, 3.8) is 0 Å². The van der Waals surface area contributed by atoms with Crippen molar-refractivity contribution in [2.24, 2.45) is 0 Å². The number of carbonyl (C=O) groups is 1. The molecule has 0 aliphatic rings. The number of fused-ring (bicyclic) bond motifs is 1. The van der Waals surface area contributed by atoms with Crippen LogP contribution in [0.1, 0.15) is 21.5 Å². The molecule has 3 aromatic rings. The van der Waals surface area contributed by atoms with E-state index in [1.165, 1.54) is 6.07 Å². The number of hydrogen-bond acceptors (Lipinski definition) is 1. The van der Waals surface area contributed by atoms with Crippen molar-refractivity contribution in [3.8, 4) is 0 Å². The Morgan fingerprint density at radius 3 is 2.62 bits per heavy atom. The normalized spacial score (nSPS) is 10.7. The van der Waals surface area contributed by atoms with Crippen LogP contribution in [0.5, 0.6) is 0 Å². The molecule has 0 spiro atoms. The molecule has 0 heterocycles. The van der Waals surface area contributed by atoms with Gasteiger partial charge in [-0.25, -0.2) is 9.18 Å². The zero-order valence-electron chi connectivity index (χ0n) is 11.2. The molecule has 0 amide bonds. The smallest absolute Gasteiger partial charge is 0.335 e. The summed E-state index contributed by atoms with van der Waals surface area (Å²) in [6.45, 7) is 0. The fourth-order valence-electron chi connectivity index (χ4n) is 2.49. The van der Waals surface area contributed by atoms with Crippen molar-refractivity contribution in [2.45, 2.75) is 6.42 Å². The largest absolute Gasteiger partial charge is 0.478 e. The fraction of sp³-hybridized carbons (Fsp3) is 0.0556. The summed E-state index contributed by atoms with van der Waals surface area (Å²) in [4.78, 5) is 11.2. The van der Waals surface area contributed by atoms with Crippen molar-refractivity contribution in [1.82, 2.24) is 0 Å². The van der Waals surface area contributed by atoms with Gasteiger partial charge in [0, 0.05) is 5.39 Å². The molecule has 2 nitrogen and oxygen atoms in total. The predicted octanol–water partition coefficient (Wildman–Crippen LogP) is 4.27. The highest BCUT2D eigenvalue weighted by Crippen LogP contribution is 2.22. The molecule has 0 saturated heterocycles. The third kappa shape index (κ3) is 2.63. The fourth-order valence-corrected chi connectivity index (χ4v) is 2.49. The van der Waals surface area contributed by atoms with Crippen LogP contribution in [-0.4, -0.2) is 11.1 Å². The topological polar surface area (TPSA) is 37.3 Å². The first-order valence-corrected chi connectivity index (χ1v) is 6.63. The van der Waals surface area contributed by atoms with Gasteiger partial charge in [-0.1, -0.05) is 42.5 Å². The summed E-state index contributed by atoms with van der Waals surface area (Å²) < 4.78 is 13.8. The minimum absolute atomic E-state index is 0.263. The number of aromatic carboxylic acids is 1. The van der Waals surface area contributed by atoms with Crippen LogP contribution >= 0.6 is 0 Å². The number of carboxylic acid groups (broad SMARTS) is 1. The molecule has 3 rings (SSSR count). The molecule has 0 aliphatic heterocycles.